The number of phosphoric ester groups is 1. The first-order valence-corrected chi connectivity index (χ1v) is 54.2. The smallest absolute Gasteiger partial charge is 0.466 e. The maximum absolute atomic E-state index is 15.4. The van der Waals surface area contributed by atoms with Gasteiger partial charge in [0.05, 0.1) is 112 Å². The Labute approximate surface area is 652 Å². The molecule has 0 spiro atoms. The van der Waals surface area contributed by atoms with Crippen molar-refractivity contribution in [3.05, 3.63) is 0 Å². The number of rotatable bonds is 67. The molecule has 31 heteroatoms. The molecule has 19 nitrogen and oxygen atoms in total. The average Bonchev–Trinajstić information content (AvgIpc) is 0.859. The Morgan fingerprint density at radius 3 is 0.951 bits per heavy atom. The standard InChI is InChI=1S/C71H149O19P7S5/c1-32-74-71(72)33-34-98-93(87-65(26)43-75-91(78-64(25)44-76-92(80-57(18)35-49(2)3)102-70(31)42-56(16)17)79-67(28)46-99-94(81-58(19)36-50(4)5)82-59(20)37-51(6)7)88-66(27)45-77-97(73,89-68(29)47-100-95(83-60(21)38-52(8)9)84-61(22)39-53(10)11)90-69(30)48-101-96(85-62(23)40-54(12)13)86-63(24)41-55(14)15/h49-70H,32-48H2,1-31H3. The molecule has 0 heterocycles. The second-order valence-corrected chi connectivity index (χ2v) is 49.6. The molecule has 0 radical (unpaired) electrons. The molecule has 0 aliphatic carbocycles. The van der Waals surface area contributed by atoms with Crippen LogP contribution in [0.2, 0.25) is 0 Å². The second kappa shape index (κ2) is 60.9. The fourth-order valence-electron chi connectivity index (χ4n) is 10.1. The van der Waals surface area contributed by atoms with Crippen LogP contribution >= 0.6 is 111 Å². The minimum atomic E-state index is -4.35. The van der Waals surface area contributed by atoms with Crippen molar-refractivity contribution in [1.82, 2.24) is 0 Å². The molecule has 0 saturated carbocycles. The van der Waals surface area contributed by atoms with Crippen LogP contribution in [-0.4, -0.2) is 140 Å². The summed E-state index contributed by atoms with van der Waals surface area (Å²) in [6.07, 6.45) is 4.18. The van der Waals surface area contributed by atoms with E-state index in [2.05, 4.69) is 166 Å². The Hall–Kier alpha value is 3.39. The van der Waals surface area contributed by atoms with Crippen molar-refractivity contribution in [2.24, 2.45) is 47.3 Å². The minimum absolute atomic E-state index is 0.0236. The topological polar surface area (TPSA) is 191 Å². The van der Waals surface area contributed by atoms with E-state index in [0.29, 0.717) is 75.6 Å². The highest BCUT2D eigenvalue weighted by Gasteiger charge is 2.36. The van der Waals surface area contributed by atoms with Gasteiger partial charge in [0.2, 0.25) is 37.9 Å². The summed E-state index contributed by atoms with van der Waals surface area (Å²) in [6.45, 7) is 65.7. The summed E-state index contributed by atoms with van der Waals surface area (Å²) >= 11 is 7.79. The molecule has 0 aromatic carbocycles. The van der Waals surface area contributed by atoms with Crippen LogP contribution in [0.3, 0.4) is 0 Å². The zero-order valence-corrected chi connectivity index (χ0v) is 79.5. The Morgan fingerprint density at radius 1 is 0.324 bits per heavy atom. The van der Waals surface area contributed by atoms with Crippen molar-refractivity contribution in [1.29, 1.82) is 0 Å². The second-order valence-electron chi connectivity index (χ2n) is 30.8. The molecule has 102 heavy (non-hydrogen) atoms. The molecule has 0 aromatic rings. The predicted molar refractivity (Wildman–Crippen MR) is 448 cm³/mol. The summed E-state index contributed by atoms with van der Waals surface area (Å²) in [7, 11) is -13.5. The molecule has 0 aromatic heterocycles. The van der Waals surface area contributed by atoms with E-state index in [4.69, 9.17) is 77.1 Å². The highest BCUT2D eigenvalue weighted by molar-refractivity contribution is 8.54. The van der Waals surface area contributed by atoms with Gasteiger partial charge in [0.25, 0.3) is 0 Å². The van der Waals surface area contributed by atoms with E-state index in [1.807, 2.05) is 41.5 Å². The Kier molecular flexibility index (Phi) is 62.9. The molecule has 0 aliphatic heterocycles. The lowest BCUT2D eigenvalue weighted by atomic mass is 10.1. The third kappa shape index (κ3) is 60.9. The molecule has 612 valence electrons. The van der Waals surface area contributed by atoms with Gasteiger partial charge in [0.1, 0.15) is 0 Å². The maximum atomic E-state index is 15.4. The minimum Gasteiger partial charge on any atom is -0.466 e. The summed E-state index contributed by atoms with van der Waals surface area (Å²) in [5.41, 5.74) is 0. The van der Waals surface area contributed by atoms with Crippen LogP contribution in [-0.2, 0) is 86.5 Å². The zero-order chi connectivity index (χ0) is 77.8. The number of esters is 1. The molecule has 0 N–H and O–H groups in total. The number of hydrogen-bond donors (Lipinski definition) is 0. The van der Waals surface area contributed by atoms with Crippen molar-refractivity contribution in [2.75, 3.05) is 49.4 Å². The lowest BCUT2D eigenvalue weighted by molar-refractivity contribution is -0.142. The van der Waals surface area contributed by atoms with Crippen molar-refractivity contribution < 1.29 is 86.5 Å². The van der Waals surface area contributed by atoms with Crippen LogP contribution in [0.5, 0.6) is 0 Å². The van der Waals surface area contributed by atoms with Gasteiger partial charge in [-0.1, -0.05) is 175 Å². The molecule has 0 fully saturated rings. The van der Waals surface area contributed by atoms with Crippen LogP contribution in [0.25, 0.3) is 0 Å². The van der Waals surface area contributed by atoms with E-state index in [0.717, 1.165) is 51.4 Å². The first kappa shape index (κ1) is 105. The van der Waals surface area contributed by atoms with E-state index < -0.39 is 84.8 Å². The van der Waals surface area contributed by atoms with Gasteiger partial charge in [0.15, 0.2) is 0 Å². The van der Waals surface area contributed by atoms with E-state index >= 15 is 4.57 Å². The fourth-order valence-corrected chi connectivity index (χ4v) is 30.9. The summed E-state index contributed by atoms with van der Waals surface area (Å²) in [4.78, 5) is 12.7. The summed E-state index contributed by atoms with van der Waals surface area (Å²) < 4.78 is 126. The molecule has 0 aliphatic rings. The molecular formula is C71H149O19P7S5. The maximum Gasteiger partial charge on any atom is 0.475 e. The molecular weight excluding hydrogens is 1530 g/mol. The van der Waals surface area contributed by atoms with Crippen LogP contribution < -0.4 is 0 Å². The van der Waals surface area contributed by atoms with Crippen LogP contribution in [0.15, 0.2) is 0 Å². The lowest BCUT2D eigenvalue weighted by Crippen LogP contribution is -2.21. The van der Waals surface area contributed by atoms with Gasteiger partial charge >= 0.3 is 22.4 Å². The first-order valence-electron chi connectivity index (χ1n) is 37.9. The Balaban J connectivity index is 7.23. The lowest BCUT2D eigenvalue weighted by Gasteiger charge is -2.29. The fraction of sp³-hybridized carbons (Fsp3) is 0.986. The van der Waals surface area contributed by atoms with Gasteiger partial charge in [-0.25, -0.2) is 4.57 Å². The Morgan fingerprint density at radius 2 is 0.608 bits per heavy atom. The largest absolute Gasteiger partial charge is 0.475 e. The number of hydrogen-bond acceptors (Lipinski definition) is 24. The van der Waals surface area contributed by atoms with E-state index in [9.17, 15) is 4.79 Å². The van der Waals surface area contributed by atoms with Gasteiger partial charge in [0, 0.05) is 28.3 Å². The molecule has 17 atom stereocenters. The number of ether oxygens (including phenoxy) is 1. The zero-order valence-electron chi connectivity index (χ0n) is 69.2. The van der Waals surface area contributed by atoms with Crippen molar-refractivity contribution in [3.8, 4) is 0 Å². The summed E-state index contributed by atoms with van der Waals surface area (Å²) in [5, 5.41) is 0.340. The van der Waals surface area contributed by atoms with Gasteiger partial charge < -0.3 is 63.5 Å². The number of phosphoric acid groups is 1. The number of carbonyl (C=O) groups excluding carboxylic acids is 1. The molecule has 0 saturated heterocycles. The normalized spacial score (nSPS) is 19.3. The van der Waals surface area contributed by atoms with E-state index in [-0.39, 0.29) is 87.6 Å². The average molecular weight is 1680 g/mol. The highest BCUT2D eigenvalue weighted by Crippen LogP contribution is 2.62. The van der Waals surface area contributed by atoms with E-state index in [1.165, 1.54) is 34.1 Å². The van der Waals surface area contributed by atoms with Crippen LogP contribution in [0, 0.1) is 47.3 Å². The Bertz CT molecular complexity index is 1910. The number of carbonyl (C=O) groups is 1. The summed E-state index contributed by atoms with van der Waals surface area (Å²) in [5.74, 6) is 5.11. The summed E-state index contributed by atoms with van der Waals surface area (Å²) in [6, 6.07) is 0. The first-order chi connectivity index (χ1) is 47.5. The monoisotopic (exact) mass is 1680 g/mol. The molecule has 0 bridgehead atoms. The van der Waals surface area contributed by atoms with E-state index in [1.54, 1.807) is 29.7 Å². The van der Waals surface area contributed by atoms with Crippen LogP contribution in [0.4, 0.5) is 0 Å². The molecule has 0 amide bonds. The van der Waals surface area contributed by atoms with Gasteiger partial charge in [-0.15, -0.1) is 0 Å². The van der Waals surface area contributed by atoms with Gasteiger partial charge in [-0.05, 0) is 196 Å². The predicted octanol–water partition coefficient (Wildman–Crippen LogP) is 27.1. The van der Waals surface area contributed by atoms with Crippen molar-refractivity contribution >= 4 is 117 Å². The van der Waals surface area contributed by atoms with Gasteiger partial charge in [-0.2, -0.15) is 0 Å². The molecule has 17 unspecified atom stereocenters. The van der Waals surface area contributed by atoms with Crippen molar-refractivity contribution in [3.63, 3.8) is 0 Å². The highest BCUT2D eigenvalue weighted by atomic mass is 32.7. The SMILES string of the molecule is CCOC(=O)CCSP(OC(C)COP(OC(C)COP(OC(C)CC(C)C)SC(C)CC(C)C)OC(C)CSP(OC(C)CC(C)C)OC(C)CC(C)C)OC(C)COP(=O)(OC(C)CSP(OC(C)CC(C)C)OC(C)CC(C)C)OC(C)CSP(OC(C)CC(C)C)OC(C)CC(C)C. The van der Waals surface area contributed by atoms with Crippen molar-refractivity contribution in [2.45, 2.75) is 357 Å². The third-order valence-corrected chi connectivity index (χ3v) is 34.3. The van der Waals surface area contributed by atoms with Gasteiger partial charge in [-0.3, -0.25) is 18.4 Å². The quantitative estimate of drug-likeness (QED) is 0.0412. The van der Waals surface area contributed by atoms with Crippen LogP contribution in [0.1, 0.15) is 272 Å². The molecule has 0 rings (SSSR count). The third-order valence-electron chi connectivity index (χ3n) is 13.6.